The van der Waals surface area contributed by atoms with Crippen LogP contribution in [-0.2, 0) is 42.2 Å². The molecule has 0 rings (SSSR count). The number of hydrogen-bond donors (Lipinski definition) is 2. The molecule has 0 aliphatic carbocycles. The van der Waals surface area contributed by atoms with Crippen molar-refractivity contribution in [2.24, 2.45) is 0 Å². The van der Waals surface area contributed by atoms with Gasteiger partial charge in [-0.25, -0.2) is 4.57 Å². The van der Waals surface area contributed by atoms with Gasteiger partial charge in [-0.1, -0.05) is 167 Å². The van der Waals surface area contributed by atoms with Crippen LogP contribution in [0.25, 0.3) is 0 Å². The van der Waals surface area contributed by atoms with Crippen molar-refractivity contribution < 1.29 is 52.2 Å². The minimum atomic E-state index is -4.79. The van der Waals surface area contributed by atoms with Crippen LogP contribution in [0.1, 0.15) is 175 Å². The lowest BCUT2D eigenvalue weighted by molar-refractivity contribution is -0.161. The molecule has 0 saturated heterocycles. The predicted molar refractivity (Wildman–Crippen MR) is 297 cm³/mol. The zero-order chi connectivity index (χ0) is 52.7. The predicted octanol–water partition coefficient (Wildman–Crippen LogP) is 15.6. The van der Waals surface area contributed by atoms with E-state index in [9.17, 15) is 28.9 Å². The highest BCUT2D eigenvalue weighted by molar-refractivity contribution is 7.47. The van der Waals surface area contributed by atoms with Crippen LogP contribution in [-0.4, -0.2) is 66.5 Å². The molecule has 0 radical (unpaired) electrons. The van der Waals surface area contributed by atoms with Crippen molar-refractivity contribution in [2.75, 3.05) is 26.4 Å². The molecule has 0 heterocycles. The first-order valence-corrected chi connectivity index (χ1v) is 28.2. The number of carbonyl (C=O) groups excluding carboxylic acids is 3. The average Bonchev–Trinajstić information content (AvgIpc) is 3.37. The van der Waals surface area contributed by atoms with Crippen LogP contribution in [0.3, 0.4) is 0 Å². The third kappa shape index (κ3) is 50.3. The molecule has 0 bridgehead atoms. The lowest BCUT2D eigenvalue weighted by Crippen LogP contribution is -2.30. The number of phosphoric ester groups is 1. The normalized spacial score (nSPS) is 14.6. The van der Waals surface area contributed by atoms with Crippen molar-refractivity contribution in [3.8, 4) is 0 Å². The molecule has 3 atom stereocenters. The van der Waals surface area contributed by atoms with Gasteiger partial charge in [-0.2, -0.15) is 0 Å². The quantitative estimate of drug-likeness (QED) is 0.0197. The molecule has 3 unspecified atom stereocenters. The number of aliphatic hydroxyl groups excluding tert-OH is 1. The molecule has 2 N–H and O–H groups in total. The van der Waals surface area contributed by atoms with Gasteiger partial charge in [0.05, 0.1) is 19.8 Å². The van der Waals surface area contributed by atoms with Crippen molar-refractivity contribution >= 4 is 25.7 Å². The zero-order valence-corrected chi connectivity index (χ0v) is 45.2. The zero-order valence-electron chi connectivity index (χ0n) is 44.3. The Morgan fingerprint density at radius 1 is 0.389 bits per heavy atom. The van der Waals surface area contributed by atoms with Gasteiger partial charge in [0.2, 0.25) is 0 Å². The second-order valence-electron chi connectivity index (χ2n) is 16.9. The Hall–Kier alpha value is -4.64. The average molecular weight is 1020 g/mol. The topological polar surface area (TPSA) is 155 Å². The van der Waals surface area contributed by atoms with Gasteiger partial charge >= 0.3 is 25.7 Å². The summed E-state index contributed by atoms with van der Waals surface area (Å²) in [6.45, 7) is 4.11. The van der Waals surface area contributed by atoms with Gasteiger partial charge in [0.25, 0.3) is 0 Å². The first-order valence-electron chi connectivity index (χ1n) is 26.7. The lowest BCUT2D eigenvalue weighted by Gasteiger charge is -2.21. The molecule has 0 saturated carbocycles. The van der Waals surface area contributed by atoms with Crippen molar-refractivity contribution in [2.45, 2.75) is 187 Å². The highest BCUT2D eigenvalue weighted by Gasteiger charge is 2.28. The molecular weight excluding hydrogens is 928 g/mol. The van der Waals surface area contributed by atoms with E-state index in [2.05, 4.69) is 167 Å². The van der Waals surface area contributed by atoms with Crippen LogP contribution in [0, 0.1) is 0 Å². The standard InChI is InChI=1S/C60H93O11P/c1-4-7-10-13-16-19-22-25-28-31-34-37-40-43-46-49-58(62)67-53-57(71-60(64)51-48-45-42-39-36-33-30-27-24-21-18-15-12-9-6-3)55-69-72(65,66)68-54-56(52-61)70-59(63)50-47-44-41-38-35-32-29-26-23-20-17-14-11-8-5-2/h7-12,16-21,25-30,34-39,56-57,61H,4-6,13-15,22-24,31-33,40-55H2,1-3H3,(H,65,66)/b10-7-,11-8-,12-9-,19-16-,20-17-,21-18-,28-25-,29-26-,30-27-,37-34-,38-35-,39-36-. The summed E-state index contributed by atoms with van der Waals surface area (Å²) in [4.78, 5) is 48.4. The number of esters is 3. The monoisotopic (exact) mass is 1020 g/mol. The van der Waals surface area contributed by atoms with E-state index >= 15 is 0 Å². The van der Waals surface area contributed by atoms with Gasteiger partial charge in [-0.3, -0.25) is 23.4 Å². The van der Waals surface area contributed by atoms with E-state index in [1.54, 1.807) is 0 Å². The van der Waals surface area contributed by atoms with E-state index in [4.69, 9.17) is 23.3 Å². The third-order valence-electron chi connectivity index (χ3n) is 10.2. The molecule has 0 aromatic carbocycles. The van der Waals surface area contributed by atoms with Gasteiger partial charge in [-0.05, 0) is 135 Å². The summed E-state index contributed by atoms with van der Waals surface area (Å²) in [5, 5.41) is 9.79. The molecule has 12 heteroatoms. The van der Waals surface area contributed by atoms with Crippen LogP contribution in [0.4, 0.5) is 0 Å². The van der Waals surface area contributed by atoms with Crippen molar-refractivity contribution in [1.82, 2.24) is 0 Å². The molecular formula is C60H93O11P. The molecule has 0 aliphatic rings. The van der Waals surface area contributed by atoms with Crippen LogP contribution in [0.2, 0.25) is 0 Å². The number of aliphatic hydroxyl groups is 1. The molecule has 0 amide bonds. The second-order valence-corrected chi connectivity index (χ2v) is 18.3. The molecule has 0 aliphatic heterocycles. The van der Waals surface area contributed by atoms with Crippen molar-refractivity contribution in [3.05, 3.63) is 146 Å². The van der Waals surface area contributed by atoms with E-state index in [1.165, 1.54) is 0 Å². The van der Waals surface area contributed by atoms with E-state index in [0.29, 0.717) is 19.3 Å². The summed E-state index contributed by atoms with van der Waals surface area (Å²) in [5.74, 6) is -1.63. The van der Waals surface area contributed by atoms with Crippen LogP contribution >= 0.6 is 7.82 Å². The first-order chi connectivity index (χ1) is 35.2. The summed E-state index contributed by atoms with van der Waals surface area (Å²) in [7, 11) is -4.79. The van der Waals surface area contributed by atoms with Gasteiger partial charge in [0.1, 0.15) is 12.7 Å². The minimum Gasteiger partial charge on any atom is -0.462 e. The van der Waals surface area contributed by atoms with Crippen LogP contribution < -0.4 is 0 Å². The number of ether oxygens (including phenoxy) is 3. The maximum Gasteiger partial charge on any atom is 0.472 e. The van der Waals surface area contributed by atoms with Gasteiger partial charge in [0.15, 0.2) is 6.10 Å². The number of unbranched alkanes of at least 4 members (excludes halogenated alkanes) is 6. The molecule has 0 aromatic rings. The van der Waals surface area contributed by atoms with Gasteiger partial charge in [-0.15, -0.1) is 0 Å². The number of hydrogen-bond acceptors (Lipinski definition) is 10. The molecule has 0 fully saturated rings. The van der Waals surface area contributed by atoms with Crippen molar-refractivity contribution in [1.29, 1.82) is 0 Å². The Balaban J connectivity index is 4.92. The Morgan fingerprint density at radius 3 is 0.986 bits per heavy atom. The number of carbonyl (C=O) groups is 3. The maximum atomic E-state index is 12.9. The van der Waals surface area contributed by atoms with E-state index in [-0.39, 0.29) is 25.9 Å². The summed E-state index contributed by atoms with van der Waals surface area (Å²) >= 11 is 0. The number of phosphoric acid groups is 1. The minimum absolute atomic E-state index is 0.0938. The van der Waals surface area contributed by atoms with E-state index < -0.39 is 57.8 Å². The summed E-state index contributed by atoms with van der Waals surface area (Å²) < 4.78 is 39.3. The fourth-order valence-electron chi connectivity index (χ4n) is 6.27. The molecule has 0 aromatic heterocycles. The van der Waals surface area contributed by atoms with E-state index in [1.807, 2.05) is 0 Å². The Kier molecular flexibility index (Phi) is 49.3. The largest absolute Gasteiger partial charge is 0.472 e. The summed E-state index contributed by atoms with van der Waals surface area (Å²) in [5.41, 5.74) is 0. The highest BCUT2D eigenvalue weighted by Crippen LogP contribution is 2.43. The summed E-state index contributed by atoms with van der Waals surface area (Å²) in [6, 6.07) is 0. The Morgan fingerprint density at radius 2 is 0.667 bits per heavy atom. The third-order valence-corrected chi connectivity index (χ3v) is 11.2. The molecule has 404 valence electrons. The molecule has 11 nitrogen and oxygen atoms in total. The fourth-order valence-corrected chi connectivity index (χ4v) is 7.05. The van der Waals surface area contributed by atoms with Crippen molar-refractivity contribution in [3.63, 3.8) is 0 Å². The first kappa shape index (κ1) is 67.4. The second kappa shape index (κ2) is 52.7. The number of allylic oxidation sites excluding steroid dienone is 24. The molecule has 72 heavy (non-hydrogen) atoms. The lowest BCUT2D eigenvalue weighted by atomic mass is 10.1. The molecule has 0 spiro atoms. The Labute approximate surface area is 435 Å². The van der Waals surface area contributed by atoms with Crippen LogP contribution in [0.15, 0.2) is 146 Å². The summed E-state index contributed by atoms with van der Waals surface area (Å²) in [6.07, 6.45) is 66.8. The number of rotatable bonds is 47. The Bertz CT molecular complexity index is 1760. The van der Waals surface area contributed by atoms with Gasteiger partial charge in [0, 0.05) is 19.3 Å². The highest BCUT2D eigenvalue weighted by atomic mass is 31.2. The van der Waals surface area contributed by atoms with Crippen LogP contribution in [0.5, 0.6) is 0 Å². The van der Waals surface area contributed by atoms with Gasteiger partial charge < -0.3 is 24.2 Å². The smallest absolute Gasteiger partial charge is 0.462 e. The van der Waals surface area contributed by atoms with E-state index in [0.717, 1.165) is 116 Å². The fraction of sp³-hybridized carbons (Fsp3) is 0.550. The SMILES string of the molecule is CC/C=C\C/C=C\C/C=C\C/C=C\CCCCC(=O)OCC(COP(=O)(O)OCC(CO)OC(=O)CCCC/C=C\C/C=C\C/C=C\C/C=C\CC)OC(=O)CCCC/C=C\C/C=C\C/C=C\C/C=C\CC. The maximum absolute atomic E-state index is 12.9.